The number of rotatable bonds is 5. The molecule has 4 N–H and O–H groups in total. The van der Waals surface area contributed by atoms with Crippen molar-refractivity contribution in [2.45, 2.75) is 0 Å². The summed E-state index contributed by atoms with van der Waals surface area (Å²) in [6.45, 7) is 2.46. The number of nitrogens with two attached hydrogens (primary N) is 2. The van der Waals surface area contributed by atoms with Crippen LogP contribution in [0, 0.1) is 0 Å². The number of nitrogens with zero attached hydrogens (tertiary/aromatic N) is 3. The third kappa shape index (κ3) is 2.80. The van der Waals surface area contributed by atoms with Crippen LogP contribution in [0.25, 0.3) is 0 Å². The lowest BCUT2D eigenvalue weighted by Crippen LogP contribution is -2.34. The van der Waals surface area contributed by atoms with Crippen LogP contribution in [-0.4, -0.2) is 36.1 Å². The minimum absolute atomic E-state index is 0.523. The molecule has 0 aliphatic heterocycles. The molecule has 0 spiro atoms. The average molecular weight is 216 g/mol. The molecule has 0 aliphatic rings. The zero-order valence-electron chi connectivity index (χ0n) is 7.86. The summed E-state index contributed by atoms with van der Waals surface area (Å²) in [5.74, 6) is 0.692. The predicted octanol–water partition coefficient (Wildman–Crippen LogP) is -0.146. The highest BCUT2D eigenvalue weighted by atomic mass is 35.5. The van der Waals surface area contributed by atoms with Crippen molar-refractivity contribution in [2.24, 2.45) is 11.5 Å². The first kappa shape index (κ1) is 11.2. The largest absolute Gasteiger partial charge is 0.353 e. The Morgan fingerprint density at radius 3 is 2.43 bits per heavy atom. The molecule has 0 atom stereocenters. The zero-order valence-corrected chi connectivity index (χ0v) is 8.61. The van der Waals surface area contributed by atoms with Gasteiger partial charge in [-0.3, -0.25) is 0 Å². The normalized spacial score (nSPS) is 10.2. The Labute approximate surface area is 88.1 Å². The van der Waals surface area contributed by atoms with E-state index in [9.17, 15) is 0 Å². The third-order valence-corrected chi connectivity index (χ3v) is 2.01. The lowest BCUT2D eigenvalue weighted by atomic mass is 10.4. The van der Waals surface area contributed by atoms with Crippen molar-refractivity contribution in [1.82, 2.24) is 9.97 Å². The van der Waals surface area contributed by atoms with E-state index in [0.29, 0.717) is 37.0 Å². The summed E-state index contributed by atoms with van der Waals surface area (Å²) in [5.41, 5.74) is 11.0. The average Bonchev–Trinajstić information content (AvgIpc) is 2.18. The molecule has 0 unspecified atom stereocenters. The van der Waals surface area contributed by atoms with Crippen LogP contribution in [-0.2, 0) is 0 Å². The van der Waals surface area contributed by atoms with Crippen LogP contribution >= 0.6 is 11.6 Å². The Bertz CT molecular complexity index is 274. The van der Waals surface area contributed by atoms with Crippen LogP contribution in [0.4, 0.5) is 5.82 Å². The molecule has 0 aliphatic carbocycles. The molecule has 14 heavy (non-hydrogen) atoms. The smallest absolute Gasteiger partial charge is 0.150 e. The first-order valence-electron chi connectivity index (χ1n) is 4.40. The van der Waals surface area contributed by atoms with Gasteiger partial charge in [0.2, 0.25) is 0 Å². The summed E-state index contributed by atoms with van der Waals surface area (Å²) in [7, 11) is 0. The summed E-state index contributed by atoms with van der Waals surface area (Å²) in [6.07, 6.45) is 3.02. The molecule has 0 aromatic carbocycles. The molecule has 1 aromatic heterocycles. The third-order valence-electron chi connectivity index (χ3n) is 1.75. The SMILES string of the molecule is NCCN(CCN)c1ncncc1Cl. The molecule has 5 nitrogen and oxygen atoms in total. The molecule has 1 heterocycles. The van der Waals surface area contributed by atoms with Crippen molar-refractivity contribution in [1.29, 1.82) is 0 Å². The van der Waals surface area contributed by atoms with Gasteiger partial charge >= 0.3 is 0 Å². The fourth-order valence-electron chi connectivity index (χ4n) is 1.17. The number of aromatic nitrogens is 2. The topological polar surface area (TPSA) is 81.1 Å². The van der Waals surface area contributed by atoms with Gasteiger partial charge in [-0.25, -0.2) is 9.97 Å². The summed E-state index contributed by atoms with van der Waals surface area (Å²) in [4.78, 5) is 9.85. The maximum atomic E-state index is 5.94. The van der Waals surface area contributed by atoms with Gasteiger partial charge in [-0.05, 0) is 0 Å². The van der Waals surface area contributed by atoms with E-state index in [1.165, 1.54) is 6.33 Å². The summed E-state index contributed by atoms with van der Waals surface area (Å²) in [6, 6.07) is 0. The van der Waals surface area contributed by atoms with Crippen molar-refractivity contribution in [3.8, 4) is 0 Å². The standard InChI is InChI=1S/C8H14ClN5/c9-7-5-12-6-13-8(7)14(3-1-10)4-2-11/h5-6H,1-4,10-11H2. The van der Waals surface area contributed by atoms with Gasteiger partial charge in [-0.15, -0.1) is 0 Å². The van der Waals surface area contributed by atoms with Crippen molar-refractivity contribution in [2.75, 3.05) is 31.1 Å². The van der Waals surface area contributed by atoms with E-state index in [-0.39, 0.29) is 0 Å². The first-order valence-corrected chi connectivity index (χ1v) is 4.78. The second-order valence-corrected chi connectivity index (χ2v) is 3.17. The van der Waals surface area contributed by atoms with Gasteiger partial charge in [0, 0.05) is 26.2 Å². The van der Waals surface area contributed by atoms with Crippen LogP contribution in [0.1, 0.15) is 0 Å². The van der Waals surface area contributed by atoms with Crippen LogP contribution in [0.15, 0.2) is 12.5 Å². The summed E-state index contributed by atoms with van der Waals surface area (Å²) in [5, 5.41) is 0.523. The molecular formula is C8H14ClN5. The van der Waals surface area contributed by atoms with Crippen LogP contribution < -0.4 is 16.4 Å². The monoisotopic (exact) mass is 215 g/mol. The molecule has 1 rings (SSSR count). The molecule has 0 saturated carbocycles. The van der Waals surface area contributed by atoms with Gasteiger partial charge in [0.25, 0.3) is 0 Å². The van der Waals surface area contributed by atoms with Crippen molar-refractivity contribution in [3.63, 3.8) is 0 Å². The Morgan fingerprint density at radius 2 is 1.93 bits per heavy atom. The van der Waals surface area contributed by atoms with E-state index in [4.69, 9.17) is 23.1 Å². The van der Waals surface area contributed by atoms with Gasteiger partial charge in [-0.2, -0.15) is 0 Å². The minimum Gasteiger partial charge on any atom is -0.353 e. The molecule has 0 radical (unpaired) electrons. The summed E-state index contributed by atoms with van der Waals surface area (Å²) >= 11 is 5.94. The lowest BCUT2D eigenvalue weighted by Gasteiger charge is -2.22. The molecule has 0 fully saturated rings. The van der Waals surface area contributed by atoms with Crippen molar-refractivity contribution in [3.05, 3.63) is 17.5 Å². The van der Waals surface area contributed by atoms with E-state index in [1.807, 2.05) is 4.90 Å². The zero-order chi connectivity index (χ0) is 10.4. The Kier molecular flexibility index (Phi) is 4.58. The number of hydrogen-bond acceptors (Lipinski definition) is 5. The molecular weight excluding hydrogens is 202 g/mol. The Balaban J connectivity index is 2.81. The highest BCUT2D eigenvalue weighted by molar-refractivity contribution is 6.32. The first-order chi connectivity index (χ1) is 6.79. The highest BCUT2D eigenvalue weighted by Crippen LogP contribution is 2.20. The maximum absolute atomic E-state index is 5.94. The van der Waals surface area contributed by atoms with E-state index in [2.05, 4.69) is 9.97 Å². The van der Waals surface area contributed by atoms with E-state index < -0.39 is 0 Å². The summed E-state index contributed by atoms with van der Waals surface area (Å²) < 4.78 is 0. The van der Waals surface area contributed by atoms with Crippen LogP contribution in [0.2, 0.25) is 5.02 Å². The van der Waals surface area contributed by atoms with Crippen molar-refractivity contribution < 1.29 is 0 Å². The molecule has 0 saturated heterocycles. The quantitative estimate of drug-likeness (QED) is 0.714. The Morgan fingerprint density at radius 1 is 1.29 bits per heavy atom. The lowest BCUT2D eigenvalue weighted by molar-refractivity contribution is 0.768. The van der Waals surface area contributed by atoms with E-state index in [1.54, 1.807) is 6.20 Å². The van der Waals surface area contributed by atoms with Gasteiger partial charge < -0.3 is 16.4 Å². The van der Waals surface area contributed by atoms with E-state index in [0.717, 1.165) is 0 Å². The van der Waals surface area contributed by atoms with Crippen LogP contribution in [0.3, 0.4) is 0 Å². The Hall–Kier alpha value is -0.910. The van der Waals surface area contributed by atoms with E-state index >= 15 is 0 Å². The van der Waals surface area contributed by atoms with Gasteiger partial charge in [-0.1, -0.05) is 11.6 Å². The number of hydrogen-bond donors (Lipinski definition) is 2. The molecule has 0 bridgehead atoms. The van der Waals surface area contributed by atoms with Crippen molar-refractivity contribution >= 4 is 17.4 Å². The van der Waals surface area contributed by atoms with Gasteiger partial charge in [0.15, 0.2) is 5.82 Å². The second kappa shape index (κ2) is 5.74. The fraction of sp³-hybridized carbons (Fsp3) is 0.500. The molecule has 1 aromatic rings. The number of halogens is 1. The van der Waals surface area contributed by atoms with Crippen LogP contribution in [0.5, 0.6) is 0 Å². The minimum atomic E-state index is 0.523. The molecule has 0 amide bonds. The predicted molar refractivity (Wildman–Crippen MR) is 57.4 cm³/mol. The highest BCUT2D eigenvalue weighted by Gasteiger charge is 2.09. The second-order valence-electron chi connectivity index (χ2n) is 2.76. The molecule has 78 valence electrons. The van der Waals surface area contributed by atoms with Gasteiger partial charge in [0.1, 0.15) is 11.3 Å². The maximum Gasteiger partial charge on any atom is 0.150 e. The fourth-order valence-corrected chi connectivity index (χ4v) is 1.40. The van der Waals surface area contributed by atoms with Gasteiger partial charge in [0.05, 0.1) is 6.20 Å². The number of anilines is 1. The molecule has 6 heteroatoms.